The highest BCUT2D eigenvalue weighted by atomic mass is 19.4. The lowest BCUT2D eigenvalue weighted by molar-refractivity contribution is -0.137. The first-order valence-electron chi connectivity index (χ1n) is 9.36. The molecule has 0 unspecified atom stereocenters. The van der Waals surface area contributed by atoms with Crippen molar-refractivity contribution in [3.63, 3.8) is 0 Å². The number of hydrogen-bond acceptors (Lipinski definition) is 1. The van der Waals surface area contributed by atoms with E-state index < -0.39 is 11.7 Å². The summed E-state index contributed by atoms with van der Waals surface area (Å²) in [5.41, 5.74) is 0.426. The molecule has 0 heterocycles. The van der Waals surface area contributed by atoms with Gasteiger partial charge < -0.3 is 0 Å². The number of hydrogen-bond donors (Lipinski definition) is 0. The second-order valence-corrected chi connectivity index (χ2v) is 7.11. The molecule has 0 atom stereocenters. The number of aryl methyl sites for hydroxylation is 1. The van der Waals surface area contributed by atoms with Gasteiger partial charge in [-0.25, -0.2) is 0 Å². The third kappa shape index (κ3) is 7.07. The topological polar surface area (TPSA) is 23.8 Å². The summed E-state index contributed by atoms with van der Waals surface area (Å²) in [6, 6.07) is 7.56. The number of allylic oxidation sites excluding steroid dienone is 4. The summed E-state index contributed by atoms with van der Waals surface area (Å²) in [5, 5.41) is 8.40. The SMILES string of the molecule is N#CC=CC=CCC[C@H]1CC[C@H](CCc2ccc(C(F)(F)F)cc2)CC1. The van der Waals surface area contributed by atoms with Gasteiger partial charge in [-0.15, -0.1) is 0 Å². The molecule has 0 N–H and O–H groups in total. The third-order valence-corrected chi connectivity index (χ3v) is 5.25. The largest absolute Gasteiger partial charge is 0.416 e. The molecule has 0 bridgehead atoms. The molecule has 140 valence electrons. The molecule has 0 amide bonds. The van der Waals surface area contributed by atoms with Crippen molar-refractivity contribution in [2.24, 2.45) is 11.8 Å². The van der Waals surface area contributed by atoms with Gasteiger partial charge in [0.1, 0.15) is 0 Å². The molecule has 1 fully saturated rings. The minimum atomic E-state index is -4.25. The zero-order valence-electron chi connectivity index (χ0n) is 15.0. The molecule has 1 aromatic rings. The van der Waals surface area contributed by atoms with Crippen molar-refractivity contribution in [1.82, 2.24) is 0 Å². The summed E-state index contributed by atoms with van der Waals surface area (Å²) in [4.78, 5) is 0. The van der Waals surface area contributed by atoms with Crippen LogP contribution < -0.4 is 0 Å². The summed E-state index contributed by atoms with van der Waals surface area (Å²) in [6.07, 6.45) is 12.2. The van der Waals surface area contributed by atoms with Gasteiger partial charge >= 0.3 is 6.18 Å². The summed E-state index contributed by atoms with van der Waals surface area (Å²) < 4.78 is 37.7. The maximum atomic E-state index is 12.6. The lowest BCUT2D eigenvalue weighted by atomic mass is 9.78. The fourth-order valence-corrected chi connectivity index (χ4v) is 3.65. The zero-order chi connectivity index (χ0) is 18.8. The van der Waals surface area contributed by atoms with Crippen LogP contribution in [0.1, 0.15) is 56.1 Å². The fourth-order valence-electron chi connectivity index (χ4n) is 3.65. The van der Waals surface area contributed by atoms with Crippen LogP contribution in [-0.4, -0.2) is 0 Å². The monoisotopic (exact) mass is 361 g/mol. The van der Waals surface area contributed by atoms with Crippen molar-refractivity contribution in [2.45, 2.75) is 57.5 Å². The van der Waals surface area contributed by atoms with Crippen molar-refractivity contribution in [2.75, 3.05) is 0 Å². The van der Waals surface area contributed by atoms with Gasteiger partial charge in [-0.05, 0) is 55.2 Å². The van der Waals surface area contributed by atoms with E-state index in [0.717, 1.165) is 30.7 Å². The van der Waals surface area contributed by atoms with E-state index in [9.17, 15) is 13.2 Å². The van der Waals surface area contributed by atoms with Gasteiger partial charge in [0, 0.05) is 6.08 Å². The minimum absolute atomic E-state index is 0.570. The molecule has 2 rings (SSSR count). The van der Waals surface area contributed by atoms with Gasteiger partial charge in [0.15, 0.2) is 0 Å². The van der Waals surface area contributed by atoms with Gasteiger partial charge in [0.05, 0.1) is 11.6 Å². The molecule has 0 aromatic heterocycles. The Morgan fingerprint density at radius 2 is 1.58 bits per heavy atom. The molecule has 0 saturated heterocycles. The predicted octanol–water partition coefficient (Wildman–Crippen LogP) is 6.86. The van der Waals surface area contributed by atoms with Crippen LogP contribution in [-0.2, 0) is 12.6 Å². The molecule has 1 nitrogen and oxygen atoms in total. The van der Waals surface area contributed by atoms with Gasteiger partial charge in [0.2, 0.25) is 0 Å². The lowest BCUT2D eigenvalue weighted by Crippen LogP contribution is -2.15. The van der Waals surface area contributed by atoms with Crippen LogP contribution in [0.15, 0.2) is 48.6 Å². The second kappa shape index (κ2) is 10.2. The first-order chi connectivity index (χ1) is 12.5. The average Bonchev–Trinajstić information content (AvgIpc) is 2.63. The number of halogens is 3. The van der Waals surface area contributed by atoms with E-state index in [0.29, 0.717) is 5.92 Å². The predicted molar refractivity (Wildman–Crippen MR) is 98.3 cm³/mol. The van der Waals surface area contributed by atoms with Gasteiger partial charge in [0.25, 0.3) is 0 Å². The third-order valence-electron chi connectivity index (χ3n) is 5.25. The van der Waals surface area contributed by atoms with E-state index in [1.54, 1.807) is 18.2 Å². The number of rotatable bonds is 7. The molecule has 4 heteroatoms. The summed E-state index contributed by atoms with van der Waals surface area (Å²) in [6.45, 7) is 0. The first kappa shape index (κ1) is 20.3. The molecule has 1 saturated carbocycles. The minimum Gasteiger partial charge on any atom is -0.193 e. The molecule has 0 spiro atoms. The van der Waals surface area contributed by atoms with E-state index in [1.165, 1.54) is 50.3 Å². The van der Waals surface area contributed by atoms with Crippen LogP contribution in [0.4, 0.5) is 13.2 Å². The molecule has 1 aromatic carbocycles. The maximum Gasteiger partial charge on any atom is 0.416 e. The van der Waals surface area contributed by atoms with E-state index in [2.05, 4.69) is 6.08 Å². The Kier molecular flexibility index (Phi) is 7.97. The number of nitriles is 1. The Morgan fingerprint density at radius 1 is 0.962 bits per heavy atom. The van der Waals surface area contributed by atoms with Crippen LogP contribution in [0.5, 0.6) is 0 Å². The Hall–Kier alpha value is -2.02. The molecule has 26 heavy (non-hydrogen) atoms. The van der Waals surface area contributed by atoms with Crippen molar-refractivity contribution in [3.05, 3.63) is 59.7 Å². The molecule has 0 radical (unpaired) electrons. The lowest BCUT2D eigenvalue weighted by Gasteiger charge is -2.28. The van der Waals surface area contributed by atoms with Crippen molar-refractivity contribution in [1.29, 1.82) is 5.26 Å². The van der Waals surface area contributed by atoms with Crippen LogP contribution >= 0.6 is 0 Å². The molecular weight excluding hydrogens is 335 g/mol. The van der Waals surface area contributed by atoms with E-state index in [4.69, 9.17) is 5.26 Å². The van der Waals surface area contributed by atoms with Gasteiger partial charge in [-0.2, -0.15) is 18.4 Å². The van der Waals surface area contributed by atoms with E-state index in [1.807, 2.05) is 12.1 Å². The Labute approximate surface area is 154 Å². The van der Waals surface area contributed by atoms with E-state index in [-0.39, 0.29) is 0 Å². The summed E-state index contributed by atoms with van der Waals surface area (Å²) >= 11 is 0. The van der Waals surface area contributed by atoms with E-state index >= 15 is 0 Å². The Morgan fingerprint density at radius 3 is 2.15 bits per heavy atom. The normalized spacial score (nSPS) is 21.3. The highest BCUT2D eigenvalue weighted by Crippen LogP contribution is 2.34. The van der Waals surface area contributed by atoms with Gasteiger partial charge in [-0.1, -0.05) is 56.0 Å². The quantitative estimate of drug-likeness (QED) is 0.384. The van der Waals surface area contributed by atoms with Crippen LogP contribution in [0, 0.1) is 23.2 Å². The average molecular weight is 361 g/mol. The Bertz CT molecular complexity index is 627. The highest BCUT2D eigenvalue weighted by molar-refractivity contribution is 5.24. The number of alkyl halides is 3. The Balaban J connectivity index is 1.65. The van der Waals surface area contributed by atoms with Crippen LogP contribution in [0.2, 0.25) is 0 Å². The van der Waals surface area contributed by atoms with Crippen molar-refractivity contribution >= 4 is 0 Å². The molecular formula is C22H26F3N. The highest BCUT2D eigenvalue weighted by Gasteiger charge is 2.30. The molecule has 1 aliphatic carbocycles. The van der Waals surface area contributed by atoms with Crippen LogP contribution in [0.25, 0.3) is 0 Å². The van der Waals surface area contributed by atoms with Crippen molar-refractivity contribution in [3.8, 4) is 6.07 Å². The maximum absolute atomic E-state index is 12.6. The molecule has 0 aliphatic heterocycles. The molecule has 1 aliphatic rings. The first-order valence-corrected chi connectivity index (χ1v) is 9.36. The van der Waals surface area contributed by atoms with Crippen molar-refractivity contribution < 1.29 is 13.2 Å². The standard InChI is InChI=1S/C22H26F3N/c23-22(24,25)21-15-13-20(14-16-21)12-11-19-9-7-18(8-10-19)6-4-2-1-3-5-17-26/h1-3,5,13-16,18-19H,4,6-12H2/t18-,19-. The van der Waals surface area contributed by atoms with Gasteiger partial charge in [-0.3, -0.25) is 0 Å². The second-order valence-electron chi connectivity index (χ2n) is 7.11. The smallest absolute Gasteiger partial charge is 0.193 e. The zero-order valence-corrected chi connectivity index (χ0v) is 15.0. The fraction of sp³-hybridized carbons (Fsp3) is 0.500. The number of nitrogens with zero attached hydrogens (tertiary/aromatic N) is 1. The number of benzene rings is 1. The summed E-state index contributed by atoms with van der Waals surface area (Å²) in [5.74, 6) is 1.48. The van der Waals surface area contributed by atoms with Crippen LogP contribution in [0.3, 0.4) is 0 Å². The summed E-state index contributed by atoms with van der Waals surface area (Å²) in [7, 11) is 0.